The van der Waals surface area contributed by atoms with Crippen molar-refractivity contribution in [2.45, 2.75) is 119 Å². The van der Waals surface area contributed by atoms with E-state index < -0.39 is 0 Å². The number of rotatable bonds is 4. The summed E-state index contributed by atoms with van der Waals surface area (Å²) in [6.45, 7) is 17.7. The molecule has 0 nitrogen and oxygen atoms in total. The topological polar surface area (TPSA) is 0 Å². The van der Waals surface area contributed by atoms with Crippen LogP contribution in [-0.2, 0) is 0 Å². The molecule has 0 heterocycles. The van der Waals surface area contributed by atoms with Crippen molar-refractivity contribution < 1.29 is 0 Å². The summed E-state index contributed by atoms with van der Waals surface area (Å²) in [7, 11) is 0. The normalized spacial score (nSPS) is 45.8. The van der Waals surface area contributed by atoms with E-state index in [0.29, 0.717) is 16.2 Å². The number of hydrogen-bond donors (Lipinski definition) is 0. The fourth-order valence-corrected chi connectivity index (χ4v) is 8.97. The molecule has 3 fully saturated rings. The second kappa shape index (κ2) is 7.70. The summed E-state index contributed by atoms with van der Waals surface area (Å²) in [5, 5.41) is 0. The van der Waals surface area contributed by atoms with Crippen molar-refractivity contribution in [2.75, 3.05) is 0 Å². The maximum atomic E-state index is 2.75. The maximum absolute atomic E-state index is 2.75. The quantitative estimate of drug-likeness (QED) is 0.414. The molecule has 0 spiro atoms. The van der Waals surface area contributed by atoms with E-state index >= 15 is 0 Å². The third-order valence-electron chi connectivity index (χ3n) is 10.7. The van der Waals surface area contributed by atoms with E-state index in [4.69, 9.17) is 0 Å². The van der Waals surface area contributed by atoms with Gasteiger partial charge in [0.2, 0.25) is 0 Å². The first-order valence-electron chi connectivity index (χ1n) is 13.2. The molecular formula is C29H50. The van der Waals surface area contributed by atoms with Gasteiger partial charge in [-0.25, -0.2) is 0 Å². The minimum absolute atomic E-state index is 0.499. The summed E-state index contributed by atoms with van der Waals surface area (Å²) >= 11 is 0. The summed E-state index contributed by atoms with van der Waals surface area (Å²) in [6.07, 6.45) is 18.9. The first-order valence-corrected chi connectivity index (χ1v) is 13.2. The Bertz CT molecular complexity index is 620. The van der Waals surface area contributed by atoms with Gasteiger partial charge in [-0.15, -0.1) is 0 Å². The van der Waals surface area contributed by atoms with Crippen molar-refractivity contribution in [1.82, 2.24) is 0 Å². The third-order valence-corrected chi connectivity index (χ3v) is 10.7. The van der Waals surface area contributed by atoms with Gasteiger partial charge in [0.15, 0.2) is 0 Å². The highest BCUT2D eigenvalue weighted by Gasteiger charge is 2.58. The molecule has 4 aliphatic rings. The van der Waals surface area contributed by atoms with Crippen LogP contribution in [0.2, 0.25) is 0 Å². The van der Waals surface area contributed by atoms with Crippen molar-refractivity contribution in [1.29, 1.82) is 0 Å². The summed E-state index contributed by atoms with van der Waals surface area (Å²) in [6, 6.07) is 0. The SMILES string of the molecule is C[C@H]1CC[C@@]2(C)C(=CCC3[C@@H]4CC[C@H]([C@H](C)CCCC(C)(C)C)[C@@]4(C)CC[C@@H]32)C1. The summed E-state index contributed by atoms with van der Waals surface area (Å²) < 4.78 is 0. The number of hydrogen-bond acceptors (Lipinski definition) is 0. The molecular weight excluding hydrogens is 348 g/mol. The van der Waals surface area contributed by atoms with Crippen molar-refractivity contribution in [3.8, 4) is 0 Å². The second-order valence-electron chi connectivity index (χ2n) is 13.8. The Balaban J connectivity index is 1.47. The van der Waals surface area contributed by atoms with Gasteiger partial charge >= 0.3 is 0 Å². The molecule has 1 unspecified atom stereocenters. The van der Waals surface area contributed by atoms with Crippen LogP contribution in [0.15, 0.2) is 11.6 Å². The molecule has 166 valence electrons. The van der Waals surface area contributed by atoms with E-state index in [2.05, 4.69) is 54.5 Å². The van der Waals surface area contributed by atoms with Gasteiger partial charge in [-0.1, -0.05) is 73.0 Å². The molecule has 29 heavy (non-hydrogen) atoms. The molecule has 0 aromatic carbocycles. The Kier molecular flexibility index (Phi) is 5.83. The van der Waals surface area contributed by atoms with Gasteiger partial charge in [0, 0.05) is 0 Å². The van der Waals surface area contributed by atoms with E-state index in [1.165, 1.54) is 70.6 Å². The highest BCUT2D eigenvalue weighted by atomic mass is 14.6. The lowest BCUT2D eigenvalue weighted by molar-refractivity contribution is -0.0523. The average molecular weight is 399 g/mol. The van der Waals surface area contributed by atoms with E-state index in [1.807, 2.05) is 5.57 Å². The van der Waals surface area contributed by atoms with Gasteiger partial charge in [-0.3, -0.25) is 0 Å². The molecule has 8 atom stereocenters. The van der Waals surface area contributed by atoms with E-state index in [0.717, 1.165) is 35.5 Å². The van der Waals surface area contributed by atoms with Gasteiger partial charge in [0.05, 0.1) is 0 Å². The van der Waals surface area contributed by atoms with Crippen LogP contribution < -0.4 is 0 Å². The van der Waals surface area contributed by atoms with Crippen molar-refractivity contribution >= 4 is 0 Å². The zero-order valence-electron chi connectivity index (χ0n) is 20.8. The van der Waals surface area contributed by atoms with Crippen LogP contribution in [0.4, 0.5) is 0 Å². The first kappa shape index (κ1) is 22.0. The average Bonchev–Trinajstić information content (AvgIpc) is 2.98. The van der Waals surface area contributed by atoms with Gasteiger partial charge in [-0.05, 0) is 110 Å². The van der Waals surface area contributed by atoms with Crippen LogP contribution in [0.3, 0.4) is 0 Å². The van der Waals surface area contributed by atoms with Crippen molar-refractivity contribution in [2.24, 2.45) is 51.8 Å². The predicted molar refractivity (Wildman–Crippen MR) is 127 cm³/mol. The summed E-state index contributed by atoms with van der Waals surface area (Å²) in [5.41, 5.74) is 3.55. The van der Waals surface area contributed by atoms with E-state index in [9.17, 15) is 0 Å². The Hall–Kier alpha value is -0.260. The van der Waals surface area contributed by atoms with Crippen LogP contribution in [-0.4, -0.2) is 0 Å². The molecule has 0 aromatic heterocycles. The Morgan fingerprint density at radius 1 is 1.03 bits per heavy atom. The minimum atomic E-state index is 0.499. The van der Waals surface area contributed by atoms with Crippen LogP contribution in [0.25, 0.3) is 0 Å². The smallest absolute Gasteiger partial charge is 0.00851 e. The third kappa shape index (κ3) is 3.89. The Morgan fingerprint density at radius 3 is 2.52 bits per heavy atom. The molecule has 0 aromatic rings. The standard InChI is InChI=1S/C29H50/c1-20-14-17-28(6)22(19-20)10-11-23-25-13-12-24(29(25,7)18-15-26(23)28)21(2)9-8-16-27(3,4)5/h10,20-21,23-26H,8-9,11-19H2,1-7H3/t20-,21+,23?,24+,25-,26-,28-,29+/m0/s1. The highest BCUT2D eigenvalue weighted by Crippen LogP contribution is 2.67. The lowest BCUT2D eigenvalue weighted by Gasteiger charge is -2.58. The minimum Gasteiger partial charge on any atom is -0.0845 e. The lowest BCUT2D eigenvalue weighted by atomic mass is 9.46. The molecule has 0 radical (unpaired) electrons. The Morgan fingerprint density at radius 2 is 1.79 bits per heavy atom. The monoisotopic (exact) mass is 398 g/mol. The molecule has 0 bridgehead atoms. The van der Waals surface area contributed by atoms with Crippen molar-refractivity contribution in [3.63, 3.8) is 0 Å². The van der Waals surface area contributed by atoms with E-state index in [-0.39, 0.29) is 0 Å². The fraction of sp³-hybridized carbons (Fsp3) is 0.931. The molecule has 0 N–H and O–H groups in total. The van der Waals surface area contributed by atoms with Gasteiger partial charge in [0.25, 0.3) is 0 Å². The lowest BCUT2D eigenvalue weighted by Crippen LogP contribution is -2.50. The number of fused-ring (bicyclic) bond motifs is 5. The molecule has 0 amide bonds. The fourth-order valence-electron chi connectivity index (χ4n) is 8.97. The largest absolute Gasteiger partial charge is 0.0845 e. The molecule has 0 heteroatoms. The molecule has 4 rings (SSSR count). The first-order chi connectivity index (χ1) is 13.5. The van der Waals surface area contributed by atoms with Crippen molar-refractivity contribution in [3.05, 3.63) is 11.6 Å². The zero-order valence-corrected chi connectivity index (χ0v) is 20.8. The molecule has 0 aliphatic heterocycles. The summed E-state index contributed by atoms with van der Waals surface area (Å²) in [4.78, 5) is 0. The predicted octanol–water partition coefficient (Wildman–Crippen LogP) is 9.05. The van der Waals surface area contributed by atoms with Crippen LogP contribution in [0.5, 0.6) is 0 Å². The second-order valence-corrected chi connectivity index (χ2v) is 13.8. The zero-order chi connectivity index (χ0) is 21.0. The van der Waals surface area contributed by atoms with Crippen LogP contribution >= 0.6 is 0 Å². The molecule has 0 saturated heterocycles. The van der Waals surface area contributed by atoms with Crippen LogP contribution in [0.1, 0.15) is 119 Å². The summed E-state index contributed by atoms with van der Waals surface area (Å²) in [5.74, 6) is 5.81. The van der Waals surface area contributed by atoms with Gasteiger partial charge in [0.1, 0.15) is 0 Å². The van der Waals surface area contributed by atoms with Crippen LogP contribution in [0, 0.1) is 51.8 Å². The van der Waals surface area contributed by atoms with E-state index in [1.54, 1.807) is 0 Å². The van der Waals surface area contributed by atoms with Gasteiger partial charge < -0.3 is 0 Å². The molecule has 4 aliphatic carbocycles. The number of allylic oxidation sites excluding steroid dienone is 2. The van der Waals surface area contributed by atoms with Gasteiger partial charge in [-0.2, -0.15) is 0 Å². The molecule has 3 saturated carbocycles. The Labute approximate surface area is 182 Å². The highest BCUT2D eigenvalue weighted by molar-refractivity contribution is 5.25. The maximum Gasteiger partial charge on any atom is -0.00851 e.